The highest BCUT2D eigenvalue weighted by molar-refractivity contribution is 8.00. The number of Topliss-reactive ketones (excluding diaryl/α,β-unsaturated/α-hetero) is 1. The number of nitrogens with zero attached hydrogens (tertiary/aromatic N) is 1. The molecule has 0 N–H and O–H groups in total. The van der Waals surface area contributed by atoms with Crippen LogP contribution in [-0.2, 0) is 10.1 Å². The molecule has 0 saturated carbocycles. The molecule has 0 saturated heterocycles. The summed E-state index contributed by atoms with van der Waals surface area (Å²) in [6.07, 6.45) is 1.74. The van der Waals surface area contributed by atoms with Crippen LogP contribution in [0, 0.1) is 0 Å². The molecule has 25 heavy (non-hydrogen) atoms. The summed E-state index contributed by atoms with van der Waals surface area (Å²) in [5.41, 5.74) is 1.68. The summed E-state index contributed by atoms with van der Waals surface area (Å²) in [5, 5.41) is 0. The first-order valence-corrected chi connectivity index (χ1v) is 9.80. The summed E-state index contributed by atoms with van der Waals surface area (Å²) in [4.78, 5) is 13.2. The molecule has 2 aromatic carbocycles. The number of benzene rings is 2. The fourth-order valence-electron chi connectivity index (χ4n) is 3.19. The number of furan rings is 1. The molecule has 0 spiro atoms. The monoisotopic (exact) mass is 351 g/mol. The molecule has 0 fully saturated rings. The van der Waals surface area contributed by atoms with Gasteiger partial charge in [0.2, 0.25) is 0 Å². The Kier molecular flexibility index (Phi) is 4.11. The van der Waals surface area contributed by atoms with Gasteiger partial charge in [0, 0.05) is 12.3 Å². The highest BCUT2D eigenvalue weighted by Gasteiger charge is 2.33. The van der Waals surface area contributed by atoms with Crippen LogP contribution in [0.5, 0.6) is 0 Å². The van der Waals surface area contributed by atoms with Crippen LogP contribution in [0.2, 0.25) is 0 Å². The lowest BCUT2D eigenvalue weighted by Crippen LogP contribution is -2.26. The van der Waals surface area contributed by atoms with Gasteiger partial charge in [-0.1, -0.05) is 36.4 Å². The Morgan fingerprint density at radius 3 is 2.60 bits per heavy atom. The van der Waals surface area contributed by atoms with Crippen LogP contribution in [0.4, 0.5) is 5.69 Å². The maximum absolute atomic E-state index is 13.5. The normalized spacial score (nSPS) is 22.0. The van der Waals surface area contributed by atoms with E-state index >= 15 is 0 Å². The van der Waals surface area contributed by atoms with Crippen molar-refractivity contribution in [2.75, 3.05) is 5.75 Å². The third-order valence-electron chi connectivity index (χ3n) is 4.39. The molecule has 0 radical (unpaired) electrons. The van der Waals surface area contributed by atoms with Gasteiger partial charge < -0.3 is 8.97 Å². The van der Waals surface area contributed by atoms with E-state index in [9.17, 15) is 9.35 Å². The topological polar surface area (TPSA) is 65.6 Å². The molecule has 0 aliphatic carbocycles. The molecule has 1 aliphatic rings. The van der Waals surface area contributed by atoms with Crippen LogP contribution in [-0.4, -0.2) is 16.1 Å². The zero-order valence-corrected chi connectivity index (χ0v) is 14.3. The van der Waals surface area contributed by atoms with E-state index < -0.39 is 10.1 Å². The smallest absolute Gasteiger partial charge is 0.198 e. The van der Waals surface area contributed by atoms with Gasteiger partial charge in [-0.2, -0.15) is 0 Å². The predicted molar refractivity (Wildman–Crippen MR) is 96.6 cm³/mol. The van der Waals surface area contributed by atoms with Crippen molar-refractivity contribution in [3.05, 3.63) is 84.3 Å². The van der Waals surface area contributed by atoms with Gasteiger partial charge in [0.25, 0.3) is 0 Å². The Morgan fingerprint density at radius 2 is 1.84 bits per heavy atom. The minimum Gasteiger partial charge on any atom is -0.626 e. The fraction of sp³-hybridized carbons (Fsp3) is 0.150. The van der Waals surface area contributed by atoms with Gasteiger partial charge in [0.1, 0.15) is 16.3 Å². The molecule has 5 heteroatoms. The van der Waals surface area contributed by atoms with E-state index in [1.54, 1.807) is 12.1 Å². The number of hydrogen-bond donors (Lipinski definition) is 0. The van der Waals surface area contributed by atoms with E-state index in [1.165, 1.54) is 6.26 Å². The third-order valence-corrected chi connectivity index (χ3v) is 6.74. The molecule has 2 heterocycles. The molecule has 1 aromatic heterocycles. The summed E-state index contributed by atoms with van der Waals surface area (Å²) < 4.78 is 23.3. The van der Waals surface area contributed by atoms with Gasteiger partial charge >= 0.3 is 0 Å². The molecule has 1 unspecified atom stereocenters. The number of rotatable bonds is 4. The van der Waals surface area contributed by atoms with E-state index in [2.05, 4.69) is 4.36 Å². The minimum atomic E-state index is -2.60. The fourth-order valence-corrected chi connectivity index (χ4v) is 5.47. The Bertz CT molecular complexity index is 948. The SMILES string of the molecule is O=C(C[C@H]1C[S+]([O-])(c2ccccc2)=Nc2ccccc21)c1ccco1. The van der Waals surface area contributed by atoms with E-state index in [4.69, 9.17) is 4.42 Å². The molecule has 0 amide bonds. The Labute approximate surface area is 147 Å². The van der Waals surface area contributed by atoms with Gasteiger partial charge in [0.05, 0.1) is 6.26 Å². The molecule has 126 valence electrons. The van der Waals surface area contributed by atoms with Gasteiger partial charge in [-0.15, -0.1) is 4.36 Å². The lowest BCUT2D eigenvalue weighted by atomic mass is 9.93. The number of carbonyl (C=O) groups is 1. The quantitative estimate of drug-likeness (QED) is 0.500. The third kappa shape index (κ3) is 3.08. The first-order valence-electron chi connectivity index (χ1n) is 8.11. The Morgan fingerprint density at radius 1 is 1.08 bits per heavy atom. The molecular weight excluding hydrogens is 334 g/mol. The summed E-state index contributed by atoms with van der Waals surface area (Å²) in [6.45, 7) is 0. The number of fused-ring (bicyclic) bond motifs is 1. The van der Waals surface area contributed by atoms with E-state index in [-0.39, 0.29) is 18.1 Å². The van der Waals surface area contributed by atoms with E-state index in [0.29, 0.717) is 22.1 Å². The summed E-state index contributed by atoms with van der Waals surface area (Å²) >= 11 is 0. The Balaban J connectivity index is 1.74. The lowest BCUT2D eigenvalue weighted by Gasteiger charge is -2.31. The van der Waals surface area contributed by atoms with Crippen molar-refractivity contribution in [3.8, 4) is 0 Å². The zero-order valence-electron chi connectivity index (χ0n) is 13.5. The number of hydrogen-bond acceptors (Lipinski definition) is 4. The van der Waals surface area contributed by atoms with Crippen molar-refractivity contribution in [3.63, 3.8) is 0 Å². The molecule has 0 bridgehead atoms. The van der Waals surface area contributed by atoms with Gasteiger partial charge in [0.15, 0.2) is 11.5 Å². The van der Waals surface area contributed by atoms with Crippen molar-refractivity contribution in [1.82, 2.24) is 0 Å². The predicted octanol–water partition coefficient (Wildman–Crippen LogP) is 4.81. The largest absolute Gasteiger partial charge is 0.626 e. The summed E-state index contributed by atoms with van der Waals surface area (Å²) in [7, 11) is -2.60. The molecule has 2 atom stereocenters. The lowest BCUT2D eigenvalue weighted by molar-refractivity contribution is 0.0949. The zero-order chi connectivity index (χ0) is 17.3. The van der Waals surface area contributed by atoms with Crippen LogP contribution in [0.1, 0.15) is 28.5 Å². The van der Waals surface area contributed by atoms with Crippen molar-refractivity contribution in [2.24, 2.45) is 4.36 Å². The molecule has 4 rings (SSSR count). The van der Waals surface area contributed by atoms with Crippen molar-refractivity contribution in [2.45, 2.75) is 17.2 Å². The van der Waals surface area contributed by atoms with Gasteiger partial charge in [-0.25, -0.2) is 0 Å². The van der Waals surface area contributed by atoms with Gasteiger partial charge in [-0.3, -0.25) is 4.79 Å². The van der Waals surface area contributed by atoms with Crippen LogP contribution >= 0.6 is 0 Å². The van der Waals surface area contributed by atoms with Gasteiger partial charge in [-0.05, 0) is 46.0 Å². The summed E-state index contributed by atoms with van der Waals surface area (Å²) in [5.74, 6) is 0.437. The minimum absolute atomic E-state index is 0.0819. The highest BCUT2D eigenvalue weighted by Crippen LogP contribution is 2.41. The van der Waals surface area contributed by atoms with Crippen LogP contribution < -0.4 is 0 Å². The first kappa shape index (κ1) is 16.0. The standard InChI is InChI=1S/C20H17NO3S/c22-19(20-11-6-12-24-20)13-15-14-25(23,16-7-2-1-3-8-16)21-18-10-5-4-9-17(15)18/h1-12,15H,13-14H2/t15-,25?/m0/s1. The molecule has 4 nitrogen and oxygen atoms in total. The average Bonchev–Trinajstić information content (AvgIpc) is 3.17. The molecular formula is C20H17NO3S. The van der Waals surface area contributed by atoms with Crippen molar-refractivity contribution in [1.29, 1.82) is 0 Å². The van der Waals surface area contributed by atoms with E-state index in [1.807, 2.05) is 54.6 Å². The second kappa shape index (κ2) is 6.43. The maximum atomic E-state index is 13.5. The number of ketones is 1. The van der Waals surface area contributed by atoms with Crippen molar-refractivity contribution < 1.29 is 13.8 Å². The van der Waals surface area contributed by atoms with Crippen LogP contribution in [0.15, 0.2) is 86.7 Å². The maximum Gasteiger partial charge on any atom is 0.198 e. The highest BCUT2D eigenvalue weighted by atomic mass is 32.3. The van der Waals surface area contributed by atoms with Crippen LogP contribution in [0.3, 0.4) is 0 Å². The summed E-state index contributed by atoms with van der Waals surface area (Å²) in [6, 6.07) is 20.3. The second-order valence-corrected chi connectivity index (χ2v) is 8.34. The molecule has 1 aliphatic heterocycles. The average molecular weight is 351 g/mol. The Hall–Kier alpha value is -2.50. The van der Waals surface area contributed by atoms with E-state index in [0.717, 1.165) is 5.56 Å². The molecule has 3 aromatic rings. The second-order valence-electron chi connectivity index (χ2n) is 6.07. The van der Waals surface area contributed by atoms with Crippen LogP contribution in [0.25, 0.3) is 0 Å². The first-order chi connectivity index (χ1) is 12.2. The van der Waals surface area contributed by atoms with Crippen molar-refractivity contribution >= 4 is 21.6 Å². The number of carbonyl (C=O) groups excluding carboxylic acids is 1.